The summed E-state index contributed by atoms with van der Waals surface area (Å²) >= 11 is 17.1. The normalized spacial score (nSPS) is 11.2. The maximum atomic E-state index is 12.6. The molecule has 1 aromatic heterocycles. The van der Waals surface area contributed by atoms with Gasteiger partial charge in [0.15, 0.2) is 4.77 Å². The summed E-state index contributed by atoms with van der Waals surface area (Å²) < 4.78 is 0.850. The molecule has 0 saturated heterocycles. The highest BCUT2D eigenvalue weighted by Crippen LogP contribution is 2.24. The molecule has 0 radical (unpaired) electrons. The van der Waals surface area contributed by atoms with Crippen molar-refractivity contribution in [2.75, 3.05) is 0 Å². The van der Waals surface area contributed by atoms with Gasteiger partial charge in [-0.25, -0.2) is 4.57 Å². The zero-order valence-corrected chi connectivity index (χ0v) is 14.5. The fourth-order valence-corrected chi connectivity index (χ4v) is 3.07. The van der Waals surface area contributed by atoms with E-state index in [4.69, 9.17) is 35.4 Å². The Hall–Kier alpha value is -2.21. The van der Waals surface area contributed by atoms with Gasteiger partial charge in [0.2, 0.25) is 0 Å². The van der Waals surface area contributed by atoms with Gasteiger partial charge in [0.05, 0.1) is 15.9 Å². The lowest BCUT2D eigenvalue weighted by atomic mass is 10.2. The van der Waals surface area contributed by atoms with E-state index >= 15 is 0 Å². The lowest BCUT2D eigenvalue weighted by Gasteiger charge is -2.06. The molecule has 0 aliphatic carbocycles. The highest BCUT2D eigenvalue weighted by atomic mass is 35.5. The number of aromatic nitrogens is 2. The number of carbonyl (C=O) groups is 1. The second kappa shape index (κ2) is 6.73. The summed E-state index contributed by atoms with van der Waals surface area (Å²) in [6.07, 6.45) is 2.90. The summed E-state index contributed by atoms with van der Waals surface area (Å²) in [6.45, 7) is 0. The second-order valence-corrected chi connectivity index (χ2v) is 6.19. The Morgan fingerprint density at radius 3 is 2.58 bits per heavy atom. The molecule has 3 aromatic rings. The number of hydrogen-bond donors (Lipinski definition) is 1. The van der Waals surface area contributed by atoms with Crippen LogP contribution >= 0.6 is 35.4 Å². The number of benzene rings is 2. The molecule has 120 valence electrons. The molecule has 0 aliphatic rings. The SMILES string of the molecule is O=C(C=Cc1ccccc1)n1c(=S)[nH]c2c(Cl)cc(Cl)cc2c1=O. The van der Waals surface area contributed by atoms with Gasteiger partial charge in [0.1, 0.15) is 0 Å². The molecule has 3 rings (SSSR count). The molecule has 2 aromatic carbocycles. The zero-order valence-electron chi connectivity index (χ0n) is 12.1. The molecule has 4 nitrogen and oxygen atoms in total. The van der Waals surface area contributed by atoms with Gasteiger partial charge in [-0.2, -0.15) is 0 Å². The average molecular weight is 377 g/mol. The second-order valence-electron chi connectivity index (χ2n) is 4.96. The van der Waals surface area contributed by atoms with Gasteiger partial charge in [-0.1, -0.05) is 53.5 Å². The summed E-state index contributed by atoms with van der Waals surface area (Å²) in [5.41, 5.74) is 0.619. The summed E-state index contributed by atoms with van der Waals surface area (Å²) in [5.74, 6) is -0.553. The smallest absolute Gasteiger partial charge is 0.269 e. The van der Waals surface area contributed by atoms with Crippen molar-refractivity contribution in [3.8, 4) is 0 Å². The highest BCUT2D eigenvalue weighted by molar-refractivity contribution is 7.71. The quantitative estimate of drug-likeness (QED) is 0.519. The van der Waals surface area contributed by atoms with Crippen molar-refractivity contribution >= 4 is 58.3 Å². The number of hydrogen-bond acceptors (Lipinski definition) is 3. The molecule has 7 heteroatoms. The van der Waals surface area contributed by atoms with Gasteiger partial charge in [-0.05, 0) is 36.0 Å². The van der Waals surface area contributed by atoms with E-state index in [-0.39, 0.29) is 15.2 Å². The van der Waals surface area contributed by atoms with E-state index in [1.807, 2.05) is 30.3 Å². The summed E-state index contributed by atoms with van der Waals surface area (Å²) in [7, 11) is 0. The van der Waals surface area contributed by atoms with Crippen LogP contribution in [0.2, 0.25) is 10.0 Å². The molecule has 0 spiro atoms. The van der Waals surface area contributed by atoms with Crippen molar-refractivity contribution in [1.82, 2.24) is 9.55 Å². The Balaban J connectivity index is 2.13. The summed E-state index contributed by atoms with van der Waals surface area (Å²) in [5, 5.41) is 0.761. The van der Waals surface area contributed by atoms with Crippen LogP contribution in [0.5, 0.6) is 0 Å². The van der Waals surface area contributed by atoms with Crippen LogP contribution in [0.15, 0.2) is 53.3 Å². The Kier molecular flexibility index (Phi) is 4.66. The zero-order chi connectivity index (χ0) is 17.3. The van der Waals surface area contributed by atoms with Crippen LogP contribution in [0.3, 0.4) is 0 Å². The molecule has 24 heavy (non-hydrogen) atoms. The first-order valence-corrected chi connectivity index (χ1v) is 8.05. The Morgan fingerprint density at radius 2 is 1.88 bits per heavy atom. The molecule has 0 aliphatic heterocycles. The monoisotopic (exact) mass is 376 g/mol. The highest BCUT2D eigenvalue weighted by Gasteiger charge is 2.13. The number of aromatic amines is 1. The van der Waals surface area contributed by atoms with Gasteiger partial charge in [0.25, 0.3) is 11.5 Å². The van der Waals surface area contributed by atoms with E-state index in [1.165, 1.54) is 18.2 Å². The standard InChI is InChI=1S/C17H10Cl2N2O2S/c18-11-8-12-15(13(19)9-11)20-17(24)21(16(12)23)14(22)7-6-10-4-2-1-3-5-10/h1-9H,(H,20,24). The van der Waals surface area contributed by atoms with Gasteiger partial charge in [0, 0.05) is 11.1 Å². The van der Waals surface area contributed by atoms with Crippen molar-refractivity contribution in [2.24, 2.45) is 0 Å². The third-order valence-corrected chi connectivity index (χ3v) is 4.16. The van der Waals surface area contributed by atoms with E-state index < -0.39 is 11.5 Å². The molecule has 0 amide bonds. The largest absolute Gasteiger partial charge is 0.330 e. The molecule has 0 fully saturated rings. The van der Waals surface area contributed by atoms with Crippen molar-refractivity contribution in [3.63, 3.8) is 0 Å². The predicted octanol–water partition coefficient (Wildman–Crippen LogP) is 4.72. The van der Waals surface area contributed by atoms with Crippen molar-refractivity contribution in [3.05, 3.63) is 79.3 Å². The third-order valence-electron chi connectivity index (χ3n) is 3.36. The molecular formula is C17H10Cl2N2O2S. The van der Waals surface area contributed by atoms with E-state index in [0.717, 1.165) is 10.1 Å². The molecule has 0 unspecified atom stereocenters. The van der Waals surface area contributed by atoms with Crippen molar-refractivity contribution < 1.29 is 4.79 Å². The maximum absolute atomic E-state index is 12.6. The lowest BCUT2D eigenvalue weighted by Crippen LogP contribution is -2.27. The van der Waals surface area contributed by atoms with Crippen LogP contribution < -0.4 is 5.56 Å². The minimum atomic E-state index is -0.569. The molecule has 1 heterocycles. The van der Waals surface area contributed by atoms with Gasteiger partial charge < -0.3 is 4.98 Å². The number of H-pyrrole nitrogens is 1. The third kappa shape index (κ3) is 3.19. The number of carbonyl (C=O) groups excluding carboxylic acids is 1. The minimum absolute atomic E-state index is 0.0283. The maximum Gasteiger partial charge on any atom is 0.269 e. The summed E-state index contributed by atoms with van der Waals surface area (Å²) in [6, 6.07) is 12.2. The minimum Gasteiger partial charge on any atom is -0.330 e. The van der Waals surface area contributed by atoms with E-state index in [0.29, 0.717) is 10.5 Å². The van der Waals surface area contributed by atoms with Crippen LogP contribution in [0, 0.1) is 4.77 Å². The Labute approximate surface area is 152 Å². The first-order valence-electron chi connectivity index (χ1n) is 6.89. The molecule has 0 atom stereocenters. The van der Waals surface area contributed by atoms with E-state index in [9.17, 15) is 9.59 Å². The predicted molar refractivity (Wildman–Crippen MR) is 99.5 cm³/mol. The number of nitrogens with zero attached hydrogens (tertiary/aromatic N) is 1. The Bertz CT molecular complexity index is 1090. The molecule has 0 saturated carbocycles. The van der Waals surface area contributed by atoms with Crippen molar-refractivity contribution in [2.45, 2.75) is 0 Å². The summed E-state index contributed by atoms with van der Waals surface area (Å²) in [4.78, 5) is 27.8. The molecule has 1 N–H and O–H groups in total. The molecule has 0 bridgehead atoms. The van der Waals surface area contributed by atoms with Crippen LogP contribution in [0.4, 0.5) is 0 Å². The van der Waals surface area contributed by atoms with Crippen LogP contribution in [-0.4, -0.2) is 15.5 Å². The van der Waals surface area contributed by atoms with Crippen molar-refractivity contribution in [1.29, 1.82) is 0 Å². The van der Waals surface area contributed by atoms with E-state index in [2.05, 4.69) is 4.98 Å². The average Bonchev–Trinajstić information content (AvgIpc) is 2.55. The van der Waals surface area contributed by atoms with Gasteiger partial charge in [-0.15, -0.1) is 0 Å². The van der Waals surface area contributed by atoms with E-state index in [1.54, 1.807) is 6.08 Å². The molecular weight excluding hydrogens is 367 g/mol. The van der Waals surface area contributed by atoms with Crippen LogP contribution in [0.1, 0.15) is 10.4 Å². The number of rotatable bonds is 2. The lowest BCUT2D eigenvalue weighted by molar-refractivity contribution is 0.0963. The number of fused-ring (bicyclic) bond motifs is 1. The van der Waals surface area contributed by atoms with Crippen LogP contribution in [-0.2, 0) is 0 Å². The number of halogens is 2. The topological polar surface area (TPSA) is 54.9 Å². The fraction of sp³-hybridized carbons (Fsp3) is 0. The number of nitrogens with one attached hydrogen (secondary N) is 1. The first kappa shape index (κ1) is 16.6. The van der Waals surface area contributed by atoms with Gasteiger partial charge in [-0.3, -0.25) is 9.59 Å². The van der Waals surface area contributed by atoms with Crippen LogP contribution in [0.25, 0.3) is 17.0 Å². The van der Waals surface area contributed by atoms with Gasteiger partial charge >= 0.3 is 0 Å². The first-order chi connectivity index (χ1) is 11.5. The Morgan fingerprint density at radius 1 is 1.17 bits per heavy atom. The number of allylic oxidation sites excluding steroid dienone is 1. The fourth-order valence-electron chi connectivity index (χ4n) is 2.25.